The number of esters is 1. The summed E-state index contributed by atoms with van der Waals surface area (Å²) in [7, 11) is 0. The van der Waals surface area contributed by atoms with E-state index in [1.807, 2.05) is 56.3 Å². The molecule has 3 nitrogen and oxygen atoms in total. The van der Waals surface area contributed by atoms with Crippen molar-refractivity contribution in [2.45, 2.75) is 13.8 Å². The van der Waals surface area contributed by atoms with Gasteiger partial charge in [-0.2, -0.15) is 0 Å². The van der Waals surface area contributed by atoms with Crippen LogP contribution in [0.15, 0.2) is 78.9 Å². The zero-order valence-corrected chi connectivity index (χ0v) is 15.3. The highest BCUT2D eigenvalue weighted by molar-refractivity contribution is 6.06. The van der Waals surface area contributed by atoms with E-state index < -0.39 is 5.97 Å². The van der Waals surface area contributed by atoms with E-state index in [1.165, 1.54) is 6.08 Å². The van der Waals surface area contributed by atoms with Crippen molar-refractivity contribution >= 4 is 17.8 Å². The minimum Gasteiger partial charge on any atom is -0.423 e. The molecule has 0 saturated carbocycles. The third-order valence-electron chi connectivity index (χ3n) is 4.12. The van der Waals surface area contributed by atoms with E-state index in [4.69, 9.17) is 4.74 Å². The van der Waals surface area contributed by atoms with Crippen LogP contribution in [-0.2, 0) is 0 Å². The van der Waals surface area contributed by atoms with Gasteiger partial charge in [0.2, 0.25) is 0 Å². The molecule has 0 heterocycles. The van der Waals surface area contributed by atoms with Gasteiger partial charge in [0.05, 0.1) is 5.56 Å². The van der Waals surface area contributed by atoms with Crippen LogP contribution in [0.4, 0.5) is 0 Å². The minimum atomic E-state index is -0.410. The highest BCUT2D eigenvalue weighted by Gasteiger charge is 2.08. The Balaban J connectivity index is 1.69. The molecule has 3 aromatic carbocycles. The monoisotopic (exact) mass is 356 g/mol. The fourth-order valence-electron chi connectivity index (χ4n) is 2.52. The van der Waals surface area contributed by atoms with Crippen molar-refractivity contribution in [3.8, 4) is 5.75 Å². The van der Waals surface area contributed by atoms with Gasteiger partial charge in [0.15, 0.2) is 5.78 Å². The first-order valence-corrected chi connectivity index (χ1v) is 8.69. The van der Waals surface area contributed by atoms with Gasteiger partial charge in [-0.05, 0) is 49.8 Å². The van der Waals surface area contributed by atoms with Crippen molar-refractivity contribution in [2.75, 3.05) is 0 Å². The van der Waals surface area contributed by atoms with Crippen LogP contribution in [0.3, 0.4) is 0 Å². The molecule has 0 N–H and O–H groups in total. The van der Waals surface area contributed by atoms with Gasteiger partial charge >= 0.3 is 5.97 Å². The summed E-state index contributed by atoms with van der Waals surface area (Å²) in [5.74, 6) is -0.0468. The van der Waals surface area contributed by atoms with Crippen LogP contribution in [0.25, 0.3) is 6.08 Å². The first-order valence-electron chi connectivity index (χ1n) is 8.69. The fraction of sp³-hybridized carbons (Fsp3) is 0.0833. The van der Waals surface area contributed by atoms with Gasteiger partial charge in [-0.25, -0.2) is 4.79 Å². The third kappa shape index (κ3) is 5.02. The molecule has 0 radical (unpaired) electrons. The highest BCUT2D eigenvalue weighted by atomic mass is 16.5. The summed E-state index contributed by atoms with van der Waals surface area (Å²) in [4.78, 5) is 24.5. The van der Waals surface area contributed by atoms with Gasteiger partial charge in [0.1, 0.15) is 5.75 Å². The number of carbonyl (C=O) groups excluding carboxylic acids is 2. The molecule has 0 atom stereocenters. The van der Waals surface area contributed by atoms with Crippen molar-refractivity contribution in [3.63, 3.8) is 0 Å². The molecule has 0 bridgehead atoms. The second-order valence-corrected chi connectivity index (χ2v) is 6.39. The molecular formula is C24H20O3. The van der Waals surface area contributed by atoms with E-state index in [9.17, 15) is 9.59 Å². The van der Waals surface area contributed by atoms with Crippen LogP contribution >= 0.6 is 0 Å². The first-order chi connectivity index (χ1) is 13.0. The van der Waals surface area contributed by atoms with Crippen molar-refractivity contribution in [2.24, 2.45) is 0 Å². The van der Waals surface area contributed by atoms with Gasteiger partial charge in [-0.3, -0.25) is 4.79 Å². The lowest BCUT2D eigenvalue weighted by molar-refractivity contribution is 0.0734. The molecule has 0 saturated heterocycles. The fourth-order valence-corrected chi connectivity index (χ4v) is 2.52. The molecule has 0 spiro atoms. The normalized spacial score (nSPS) is 10.7. The number of carbonyl (C=O) groups is 2. The molecule has 0 aliphatic rings. The first kappa shape index (κ1) is 18.3. The van der Waals surface area contributed by atoms with E-state index in [2.05, 4.69) is 0 Å². The second kappa shape index (κ2) is 8.28. The summed E-state index contributed by atoms with van der Waals surface area (Å²) in [6, 6.07) is 21.7. The number of ether oxygens (including phenoxy) is 1. The largest absolute Gasteiger partial charge is 0.423 e. The van der Waals surface area contributed by atoms with Gasteiger partial charge < -0.3 is 4.74 Å². The van der Waals surface area contributed by atoms with Gasteiger partial charge in [-0.15, -0.1) is 0 Å². The number of rotatable bonds is 5. The maximum atomic E-state index is 12.2. The lowest BCUT2D eigenvalue weighted by Gasteiger charge is -2.05. The Morgan fingerprint density at radius 3 is 2.00 bits per heavy atom. The summed E-state index contributed by atoms with van der Waals surface area (Å²) in [5.41, 5.74) is 4.11. The molecule has 0 aliphatic heterocycles. The zero-order valence-electron chi connectivity index (χ0n) is 15.3. The zero-order chi connectivity index (χ0) is 19.2. The molecule has 27 heavy (non-hydrogen) atoms. The van der Waals surface area contributed by atoms with Crippen molar-refractivity contribution in [1.29, 1.82) is 0 Å². The molecule has 0 aliphatic carbocycles. The molecule has 0 aromatic heterocycles. The molecule has 3 heteroatoms. The summed E-state index contributed by atoms with van der Waals surface area (Å²) < 4.78 is 5.43. The summed E-state index contributed by atoms with van der Waals surface area (Å²) >= 11 is 0. The van der Waals surface area contributed by atoms with Crippen LogP contribution in [0, 0.1) is 13.8 Å². The number of ketones is 1. The van der Waals surface area contributed by atoms with Crippen LogP contribution < -0.4 is 4.74 Å². The van der Waals surface area contributed by atoms with E-state index in [1.54, 1.807) is 36.4 Å². The maximum absolute atomic E-state index is 12.2. The molecule has 0 fully saturated rings. The predicted molar refractivity (Wildman–Crippen MR) is 107 cm³/mol. The van der Waals surface area contributed by atoms with Gasteiger partial charge in [0, 0.05) is 5.56 Å². The molecule has 0 unspecified atom stereocenters. The molecule has 0 amide bonds. The smallest absolute Gasteiger partial charge is 0.343 e. The molecular weight excluding hydrogens is 336 g/mol. The maximum Gasteiger partial charge on any atom is 0.343 e. The van der Waals surface area contributed by atoms with E-state index in [-0.39, 0.29) is 5.78 Å². The Kier molecular flexibility index (Phi) is 5.62. The van der Waals surface area contributed by atoms with Gasteiger partial charge in [0.25, 0.3) is 0 Å². The molecule has 3 aromatic rings. The molecule has 134 valence electrons. The number of hydrogen-bond donors (Lipinski definition) is 0. The Morgan fingerprint density at radius 2 is 1.37 bits per heavy atom. The number of aryl methyl sites for hydroxylation is 2. The van der Waals surface area contributed by atoms with Crippen LogP contribution in [0.2, 0.25) is 0 Å². The Morgan fingerprint density at radius 1 is 0.778 bits per heavy atom. The second-order valence-electron chi connectivity index (χ2n) is 6.39. The number of allylic oxidation sites excluding steroid dienone is 1. The topological polar surface area (TPSA) is 43.4 Å². The lowest BCUT2D eigenvalue weighted by atomic mass is 10.1. The average molecular weight is 356 g/mol. The lowest BCUT2D eigenvalue weighted by Crippen LogP contribution is -2.08. The Hall–Kier alpha value is -3.46. The van der Waals surface area contributed by atoms with Crippen molar-refractivity contribution in [3.05, 3.63) is 107 Å². The van der Waals surface area contributed by atoms with Crippen LogP contribution in [-0.4, -0.2) is 11.8 Å². The third-order valence-corrected chi connectivity index (χ3v) is 4.12. The summed E-state index contributed by atoms with van der Waals surface area (Å²) in [6.45, 7) is 3.94. The van der Waals surface area contributed by atoms with E-state index in [0.29, 0.717) is 16.9 Å². The highest BCUT2D eigenvalue weighted by Crippen LogP contribution is 2.17. The SMILES string of the molecule is Cc1ccc(C(=O)C=Cc2cccc(OC(=O)c3ccc(C)cc3)c2)cc1. The Bertz CT molecular complexity index is 981. The van der Waals surface area contributed by atoms with Gasteiger partial charge in [-0.1, -0.05) is 65.7 Å². The van der Waals surface area contributed by atoms with Crippen molar-refractivity contribution < 1.29 is 14.3 Å². The number of benzene rings is 3. The van der Waals surface area contributed by atoms with E-state index in [0.717, 1.165) is 16.7 Å². The summed E-state index contributed by atoms with van der Waals surface area (Å²) in [5, 5.41) is 0. The standard InChI is InChI=1S/C24H20O3/c1-17-6-11-20(12-7-17)23(25)15-10-19-4-3-5-22(16-19)27-24(26)21-13-8-18(2)9-14-21/h3-16H,1-2H3. The minimum absolute atomic E-state index is 0.0722. The van der Waals surface area contributed by atoms with E-state index >= 15 is 0 Å². The average Bonchev–Trinajstić information content (AvgIpc) is 2.67. The quantitative estimate of drug-likeness (QED) is 0.265. The summed E-state index contributed by atoms with van der Waals surface area (Å²) in [6.07, 6.45) is 3.23. The predicted octanol–water partition coefficient (Wildman–Crippen LogP) is 5.42. The van der Waals surface area contributed by atoms with Crippen molar-refractivity contribution in [1.82, 2.24) is 0 Å². The van der Waals surface area contributed by atoms with Crippen LogP contribution in [0.5, 0.6) is 5.75 Å². The Labute approximate surface area is 158 Å². The molecule has 3 rings (SSSR count). The van der Waals surface area contributed by atoms with Crippen LogP contribution in [0.1, 0.15) is 37.4 Å². The number of hydrogen-bond acceptors (Lipinski definition) is 3.